The van der Waals surface area contributed by atoms with Gasteiger partial charge in [-0.25, -0.2) is 9.37 Å². The number of aromatic nitrogens is 1. The summed E-state index contributed by atoms with van der Waals surface area (Å²) in [5.74, 6) is -0.273. The molecular weight excluding hydrogens is 333 g/mol. The van der Waals surface area contributed by atoms with Crippen LogP contribution in [0.4, 0.5) is 4.39 Å². The molecular formula is C9H4Br2FNS. The monoisotopic (exact) mass is 335 g/mol. The highest BCUT2D eigenvalue weighted by molar-refractivity contribution is 9.11. The Hall–Kier alpha value is -0.260. The molecule has 0 amide bonds. The highest BCUT2D eigenvalue weighted by atomic mass is 79.9. The van der Waals surface area contributed by atoms with Gasteiger partial charge >= 0.3 is 0 Å². The van der Waals surface area contributed by atoms with Crippen molar-refractivity contribution in [3.05, 3.63) is 37.8 Å². The van der Waals surface area contributed by atoms with E-state index in [9.17, 15) is 4.39 Å². The van der Waals surface area contributed by atoms with E-state index in [0.29, 0.717) is 15.7 Å². The van der Waals surface area contributed by atoms with E-state index in [1.165, 1.54) is 11.3 Å². The van der Waals surface area contributed by atoms with E-state index in [1.807, 2.05) is 5.38 Å². The predicted molar refractivity (Wildman–Crippen MR) is 62.9 cm³/mol. The van der Waals surface area contributed by atoms with Gasteiger partial charge in [0.1, 0.15) is 5.82 Å². The number of nitrogens with zero attached hydrogens (tertiary/aromatic N) is 1. The molecule has 0 saturated heterocycles. The Bertz CT molecular complexity index is 470. The third-order valence-corrected chi connectivity index (χ3v) is 3.68. The van der Waals surface area contributed by atoms with Gasteiger partial charge < -0.3 is 0 Å². The molecule has 0 saturated carbocycles. The first-order valence-corrected chi connectivity index (χ1v) is 6.20. The van der Waals surface area contributed by atoms with Gasteiger partial charge in [-0.3, -0.25) is 0 Å². The number of thiazole rings is 1. The largest absolute Gasteiger partial charge is 0.229 e. The molecule has 1 nitrogen and oxygen atoms in total. The quantitative estimate of drug-likeness (QED) is 0.748. The number of halogens is 3. The molecule has 0 radical (unpaired) electrons. The molecule has 0 aliphatic heterocycles. The van der Waals surface area contributed by atoms with E-state index in [1.54, 1.807) is 18.2 Å². The second kappa shape index (κ2) is 4.08. The van der Waals surface area contributed by atoms with Crippen molar-refractivity contribution in [3.8, 4) is 11.3 Å². The average molecular weight is 337 g/mol. The van der Waals surface area contributed by atoms with Crippen LogP contribution in [-0.2, 0) is 0 Å². The van der Waals surface area contributed by atoms with Crippen molar-refractivity contribution in [2.45, 2.75) is 0 Å². The van der Waals surface area contributed by atoms with Gasteiger partial charge in [0.2, 0.25) is 0 Å². The summed E-state index contributed by atoms with van der Waals surface area (Å²) in [4.78, 5) is 4.16. The van der Waals surface area contributed by atoms with Crippen molar-refractivity contribution in [1.29, 1.82) is 0 Å². The normalized spacial score (nSPS) is 10.5. The smallest absolute Gasteiger partial charge is 0.159 e. The van der Waals surface area contributed by atoms with Crippen molar-refractivity contribution in [2.75, 3.05) is 0 Å². The van der Waals surface area contributed by atoms with Crippen LogP contribution >= 0.6 is 43.2 Å². The predicted octanol–water partition coefficient (Wildman–Crippen LogP) is 4.47. The third-order valence-electron chi connectivity index (χ3n) is 1.70. The van der Waals surface area contributed by atoms with Crippen molar-refractivity contribution in [3.63, 3.8) is 0 Å². The fraction of sp³-hybridized carbons (Fsp3) is 0. The SMILES string of the molecule is Fc1c(Br)cccc1-c1csc(Br)n1. The van der Waals surface area contributed by atoms with E-state index < -0.39 is 0 Å². The summed E-state index contributed by atoms with van der Waals surface area (Å²) in [5.41, 5.74) is 1.17. The van der Waals surface area contributed by atoms with Crippen LogP contribution in [0.2, 0.25) is 0 Å². The molecule has 1 heterocycles. The Kier molecular flexibility index (Phi) is 2.99. The topological polar surface area (TPSA) is 12.9 Å². The number of hydrogen-bond acceptors (Lipinski definition) is 2. The first kappa shape index (κ1) is 10.3. The number of hydrogen-bond donors (Lipinski definition) is 0. The van der Waals surface area contributed by atoms with E-state index in [4.69, 9.17) is 0 Å². The molecule has 2 aromatic rings. The molecule has 0 unspecified atom stereocenters. The fourth-order valence-electron chi connectivity index (χ4n) is 1.08. The van der Waals surface area contributed by atoms with Gasteiger partial charge in [-0.1, -0.05) is 6.07 Å². The molecule has 5 heteroatoms. The molecule has 2 rings (SSSR count). The van der Waals surface area contributed by atoms with E-state index in [2.05, 4.69) is 36.8 Å². The average Bonchev–Trinajstić information content (AvgIpc) is 2.57. The van der Waals surface area contributed by atoms with Crippen molar-refractivity contribution >= 4 is 43.2 Å². The molecule has 1 aromatic heterocycles. The number of rotatable bonds is 1. The first-order chi connectivity index (χ1) is 6.68. The van der Waals surface area contributed by atoms with Gasteiger partial charge in [-0.15, -0.1) is 11.3 Å². The standard InChI is InChI=1S/C9H4Br2FNS/c10-6-3-1-2-5(8(6)12)7-4-14-9(11)13-7/h1-4H. The van der Waals surface area contributed by atoms with Gasteiger partial charge in [-0.05, 0) is 44.0 Å². The zero-order valence-electron chi connectivity index (χ0n) is 6.80. The lowest BCUT2D eigenvalue weighted by atomic mass is 10.2. The molecule has 0 aliphatic carbocycles. The summed E-state index contributed by atoms with van der Waals surface area (Å²) in [6, 6.07) is 5.16. The van der Waals surface area contributed by atoms with Crippen molar-refractivity contribution in [1.82, 2.24) is 4.98 Å². The maximum Gasteiger partial charge on any atom is 0.159 e. The van der Waals surface area contributed by atoms with E-state index in [-0.39, 0.29) is 5.82 Å². The summed E-state index contributed by atoms with van der Waals surface area (Å²) < 4.78 is 14.8. The summed E-state index contributed by atoms with van der Waals surface area (Å²) in [5, 5.41) is 1.81. The Morgan fingerprint density at radius 1 is 1.29 bits per heavy atom. The second-order valence-electron chi connectivity index (χ2n) is 2.59. The summed E-state index contributed by atoms with van der Waals surface area (Å²) >= 11 is 7.82. The van der Waals surface area contributed by atoms with E-state index >= 15 is 0 Å². The highest BCUT2D eigenvalue weighted by Crippen LogP contribution is 2.29. The summed E-state index contributed by atoms with van der Waals surface area (Å²) in [7, 11) is 0. The molecule has 0 bridgehead atoms. The Labute approximate surface area is 101 Å². The van der Waals surface area contributed by atoms with Crippen LogP contribution in [0.15, 0.2) is 32.0 Å². The maximum absolute atomic E-state index is 13.6. The van der Waals surface area contributed by atoms with Crippen LogP contribution in [0.3, 0.4) is 0 Å². The van der Waals surface area contributed by atoms with Crippen molar-refractivity contribution < 1.29 is 4.39 Å². The number of benzene rings is 1. The van der Waals surface area contributed by atoms with Gasteiger partial charge in [0.25, 0.3) is 0 Å². The van der Waals surface area contributed by atoms with Crippen molar-refractivity contribution in [2.24, 2.45) is 0 Å². The van der Waals surface area contributed by atoms with Crippen LogP contribution in [-0.4, -0.2) is 4.98 Å². The Morgan fingerprint density at radius 3 is 2.71 bits per heavy atom. The van der Waals surface area contributed by atoms with Crippen LogP contribution in [0.25, 0.3) is 11.3 Å². The zero-order chi connectivity index (χ0) is 10.1. The van der Waals surface area contributed by atoms with Crippen LogP contribution < -0.4 is 0 Å². The molecule has 14 heavy (non-hydrogen) atoms. The first-order valence-electron chi connectivity index (χ1n) is 3.74. The Balaban J connectivity index is 2.57. The van der Waals surface area contributed by atoms with E-state index in [0.717, 1.165) is 3.92 Å². The van der Waals surface area contributed by atoms with Crippen LogP contribution in [0.5, 0.6) is 0 Å². The lowest BCUT2D eigenvalue weighted by Crippen LogP contribution is -1.85. The summed E-state index contributed by atoms with van der Waals surface area (Å²) in [6.07, 6.45) is 0. The van der Waals surface area contributed by atoms with Crippen LogP contribution in [0, 0.1) is 5.82 Å². The minimum absolute atomic E-state index is 0.273. The maximum atomic E-state index is 13.6. The zero-order valence-corrected chi connectivity index (χ0v) is 10.8. The minimum Gasteiger partial charge on any atom is -0.229 e. The molecule has 1 aromatic carbocycles. The van der Waals surface area contributed by atoms with Gasteiger partial charge in [0, 0.05) is 10.9 Å². The Morgan fingerprint density at radius 2 is 2.07 bits per heavy atom. The summed E-state index contributed by atoms with van der Waals surface area (Å²) in [6.45, 7) is 0. The molecule has 0 fully saturated rings. The second-order valence-corrected chi connectivity index (χ2v) is 5.58. The van der Waals surface area contributed by atoms with Gasteiger partial charge in [-0.2, -0.15) is 0 Å². The lowest BCUT2D eigenvalue weighted by molar-refractivity contribution is 0.624. The highest BCUT2D eigenvalue weighted by Gasteiger charge is 2.10. The molecule has 72 valence electrons. The lowest BCUT2D eigenvalue weighted by Gasteiger charge is -2.00. The van der Waals surface area contributed by atoms with Gasteiger partial charge in [0.15, 0.2) is 3.92 Å². The molecule has 0 aliphatic rings. The minimum atomic E-state index is -0.273. The molecule has 0 N–H and O–H groups in total. The molecule has 0 atom stereocenters. The molecule has 0 spiro atoms. The van der Waals surface area contributed by atoms with Crippen LogP contribution in [0.1, 0.15) is 0 Å². The van der Waals surface area contributed by atoms with Gasteiger partial charge in [0.05, 0.1) is 10.2 Å². The fourth-order valence-corrected chi connectivity index (χ4v) is 2.45. The third kappa shape index (κ3) is 1.89.